The van der Waals surface area contributed by atoms with Crippen molar-refractivity contribution in [2.45, 2.75) is 354 Å². The predicted octanol–water partition coefficient (Wildman–Crippen LogP) is -3.24. The molecule has 33 atom stereocenters. The molecule has 46 heteroatoms. The zero-order valence-corrected chi connectivity index (χ0v) is 80.8. The lowest BCUT2D eigenvalue weighted by molar-refractivity contribution is -0.205. The van der Waals surface area contributed by atoms with Crippen LogP contribution in [0.1, 0.15) is 179 Å². The second kappa shape index (κ2) is 68.4. The number of aromatic nitrogens is 1. The van der Waals surface area contributed by atoms with Gasteiger partial charge in [0.15, 0.2) is 17.3 Å². The monoisotopic (exact) mass is 2020 g/mol. The Morgan fingerprint density at radius 2 is 0.594 bits per heavy atom. The smallest absolute Gasteiger partial charge is 0.181 e. The second-order valence-corrected chi connectivity index (χ2v) is 40.6. The van der Waals surface area contributed by atoms with E-state index in [1.165, 1.54) is 77.5 Å². The lowest BCUT2D eigenvalue weighted by Crippen LogP contribution is -2.57. The van der Waals surface area contributed by atoms with Crippen LogP contribution in [-0.4, -0.2) is 433 Å². The minimum absolute atomic E-state index is 0.00607. The molecular weight excluding hydrogens is 1870 g/mol. The molecule has 0 bridgehead atoms. The molecule has 0 saturated carbocycles. The molecule has 6 saturated heterocycles. The highest BCUT2D eigenvalue weighted by atomic mass is 32.2. The summed E-state index contributed by atoms with van der Waals surface area (Å²) < 4.78 is 32.3. The SMILES string of the molecule is CC(=O)CCCCSC1OC(CO)C(O)C(O)C1O.CC(C)CC(=O)CCCCSC1OC(CO)C(O)C(O)C1O.CC(N)C(=O)CCCCSC1OC(CO)C(O)C(O)C1O.CC(O)C(=O)CCCCSC1OC(CO)C(O)C(O)C1O.NC(C(=O)CCCCSC1OC(CO)C(O)C(O)C1O)c1ccccc1.O=C(CCCCSC1OC(CO)C(O)C(O)C1O)c1ccccn1. The highest BCUT2D eigenvalue weighted by molar-refractivity contribution is 8.00. The minimum atomic E-state index is -1.36. The summed E-state index contributed by atoms with van der Waals surface area (Å²) in [6.07, 6.45) is -16.0. The number of aliphatic hydroxyl groups excluding tert-OH is 25. The lowest BCUT2D eigenvalue weighted by atomic mass is 10.0. The number of unbranched alkanes of at least 4 members (excludes halogenated alkanes) is 6. The number of thioether (sulfide) groups is 6. The second-order valence-electron chi connectivity index (χ2n) is 33.4. The number of hydrogen-bond acceptors (Lipinski definition) is 46. The lowest BCUT2D eigenvalue weighted by Gasteiger charge is -2.39. The zero-order chi connectivity index (χ0) is 99.7. The molecule has 133 heavy (non-hydrogen) atoms. The maximum absolute atomic E-state index is 12.1. The molecule has 1 aromatic heterocycles. The molecule has 6 aliphatic heterocycles. The number of nitrogens with zero attached hydrogens (tertiary/aromatic N) is 1. The van der Waals surface area contributed by atoms with Gasteiger partial charge in [0.2, 0.25) is 0 Å². The number of ether oxygens (including phenoxy) is 6. The van der Waals surface area contributed by atoms with Crippen molar-refractivity contribution < 1.29 is 185 Å². The quantitative estimate of drug-likeness (QED) is 0.0229. The Morgan fingerprint density at radius 1 is 0.331 bits per heavy atom. The summed E-state index contributed by atoms with van der Waals surface area (Å²) in [5.74, 6) is 4.41. The van der Waals surface area contributed by atoms with E-state index >= 15 is 0 Å². The van der Waals surface area contributed by atoms with Crippen LogP contribution in [0.4, 0.5) is 0 Å². The van der Waals surface area contributed by atoms with Crippen molar-refractivity contribution in [3.05, 3.63) is 66.0 Å². The third kappa shape index (κ3) is 44.3. The van der Waals surface area contributed by atoms with Crippen molar-refractivity contribution in [3.8, 4) is 0 Å². The Bertz CT molecular complexity index is 3400. The molecule has 0 amide bonds. The largest absolute Gasteiger partial charge is 0.394 e. The van der Waals surface area contributed by atoms with Crippen LogP contribution >= 0.6 is 70.6 Å². The van der Waals surface area contributed by atoms with Crippen molar-refractivity contribution in [1.82, 2.24) is 4.98 Å². The van der Waals surface area contributed by atoms with E-state index in [1.54, 1.807) is 38.2 Å². The molecular formula is C87H149N3O37S6. The number of benzene rings is 1. The van der Waals surface area contributed by atoms with Crippen molar-refractivity contribution in [2.75, 3.05) is 74.2 Å². The van der Waals surface area contributed by atoms with Gasteiger partial charge in [0, 0.05) is 51.1 Å². The van der Waals surface area contributed by atoms with Gasteiger partial charge in [-0.25, -0.2) is 0 Å². The maximum atomic E-state index is 12.1. The molecule has 40 nitrogen and oxygen atoms in total. The van der Waals surface area contributed by atoms with Gasteiger partial charge in [-0.3, -0.25) is 29.0 Å². The van der Waals surface area contributed by atoms with E-state index in [9.17, 15) is 121 Å². The van der Waals surface area contributed by atoms with E-state index in [4.69, 9.17) is 75.6 Å². The highest BCUT2D eigenvalue weighted by Crippen LogP contribution is 2.36. The highest BCUT2D eigenvalue weighted by Gasteiger charge is 2.49. The van der Waals surface area contributed by atoms with Gasteiger partial charge in [-0.2, -0.15) is 0 Å². The molecule has 1 aromatic carbocycles. The van der Waals surface area contributed by atoms with Crippen LogP contribution in [-0.2, 0) is 52.4 Å². The summed E-state index contributed by atoms with van der Waals surface area (Å²) in [6.45, 7) is 6.13. The molecule has 0 aliphatic carbocycles. The number of rotatable bonds is 49. The summed E-state index contributed by atoms with van der Waals surface area (Å²) in [7, 11) is 0. The molecule has 2 aromatic rings. The Labute approximate surface area is 801 Å². The fraction of sp³-hybridized carbons (Fsp3) is 0.805. The zero-order valence-electron chi connectivity index (χ0n) is 75.9. The number of nitrogens with two attached hydrogens (primary N) is 2. The Kier molecular flexibility index (Phi) is 63.9. The van der Waals surface area contributed by atoms with Crippen LogP contribution in [0.2, 0.25) is 0 Å². The standard InChI is InChI=1S/C18H27NO6S.C16H23NO6S.C15H28O6S.C13H25NO6S.C13H24O7S.C12H22O6S/c19-14(11-6-2-1-3-7-11)12(21)8-4-5-9-26-18-17(24)16(23)15(22)13(10-20)25-18;18-9-12-13(20)14(21)15(22)16(23-12)24-8-4-2-6-11(19)10-5-1-3-7-17-10;1-9(2)7-10(17)5-3-4-6-22-15-14(20)13(19)12(18)11(8-16)21-15;1-7(14)8(16)4-2-3-5-21-13-12(19)11(18)10(17)9(6-15)20-13;1-7(15)8(16)4-2-3-5-21-13-12(19)11(18)10(17)9(6-14)20-13;1-7(14)4-2-3-5-19-12-11(17)10(16)9(15)8(6-13)18-12/h1-3,6-7,13-18,20,22-24H,4-5,8-10,19H2;1,3,5,7,12-16,18,20-22H,2,4,6,8-9H2;9,11-16,18-20H,3-8H2,1-2H3;7,9-13,15,17-19H,2-6,14H2,1H3;7,9-15,17-19H,2-6H2,1H3;8-13,15-17H,2-6H2,1H3. The van der Waals surface area contributed by atoms with E-state index in [1.807, 2.05) is 44.2 Å². The molecule has 0 spiro atoms. The Morgan fingerprint density at radius 3 is 0.850 bits per heavy atom. The molecule has 8 rings (SSSR count). The summed E-state index contributed by atoms with van der Waals surface area (Å²) in [5, 5.41) is 239. The normalized spacial score (nSPS) is 32.7. The average molecular weight is 2020 g/mol. The number of aliphatic hydroxyl groups is 25. The maximum Gasteiger partial charge on any atom is 0.181 e. The van der Waals surface area contributed by atoms with Gasteiger partial charge in [-0.05, 0) is 156 Å². The first kappa shape index (κ1) is 124. The van der Waals surface area contributed by atoms with Crippen molar-refractivity contribution in [2.24, 2.45) is 17.4 Å². The van der Waals surface area contributed by atoms with Crippen LogP contribution < -0.4 is 11.5 Å². The summed E-state index contributed by atoms with van der Waals surface area (Å²) >= 11 is 7.79. The van der Waals surface area contributed by atoms with Gasteiger partial charge < -0.3 is 172 Å². The third-order valence-corrected chi connectivity index (χ3v) is 29.3. The number of carbonyl (C=O) groups excluding carboxylic acids is 6. The third-order valence-electron chi connectivity index (χ3n) is 21.9. The fourth-order valence-electron chi connectivity index (χ4n) is 13.6. The van der Waals surface area contributed by atoms with Gasteiger partial charge >= 0.3 is 0 Å². The number of hydrogen-bond donors (Lipinski definition) is 27. The van der Waals surface area contributed by atoms with Gasteiger partial charge in [-0.1, -0.05) is 50.2 Å². The van der Waals surface area contributed by atoms with E-state index in [2.05, 4.69) is 4.98 Å². The molecule has 29 N–H and O–H groups in total. The number of Topliss-reactive ketones (excluding diaryl/α,β-unsaturated/α-hetero) is 6. The first-order valence-electron chi connectivity index (χ1n) is 44.9. The summed E-state index contributed by atoms with van der Waals surface area (Å²) in [5.41, 5.74) is 8.45. The van der Waals surface area contributed by atoms with E-state index in [-0.39, 0.29) is 34.7 Å². The van der Waals surface area contributed by atoms with Crippen LogP contribution in [0, 0.1) is 5.92 Å². The van der Waals surface area contributed by atoms with E-state index in [0.717, 1.165) is 44.1 Å². The molecule has 33 unspecified atom stereocenters. The van der Waals surface area contributed by atoms with Gasteiger partial charge in [0.1, 0.15) is 208 Å². The van der Waals surface area contributed by atoms with E-state index in [0.29, 0.717) is 130 Å². The van der Waals surface area contributed by atoms with Crippen LogP contribution in [0.5, 0.6) is 0 Å². The van der Waals surface area contributed by atoms with Crippen LogP contribution in [0.3, 0.4) is 0 Å². The average Bonchev–Trinajstić information content (AvgIpc) is 0.844. The Hall–Kier alpha value is -2.83. The van der Waals surface area contributed by atoms with Crippen molar-refractivity contribution >= 4 is 105 Å². The first-order valence-corrected chi connectivity index (χ1v) is 51.2. The van der Waals surface area contributed by atoms with E-state index < -0.39 is 237 Å². The fourth-order valence-corrected chi connectivity index (χ4v) is 20.7. The van der Waals surface area contributed by atoms with Crippen molar-refractivity contribution in [3.63, 3.8) is 0 Å². The van der Waals surface area contributed by atoms with Crippen molar-refractivity contribution in [1.29, 1.82) is 0 Å². The van der Waals surface area contributed by atoms with Crippen LogP contribution in [0.25, 0.3) is 0 Å². The Balaban J connectivity index is 0.000000412. The minimum Gasteiger partial charge on any atom is -0.394 e. The molecule has 7 heterocycles. The van der Waals surface area contributed by atoms with Crippen LogP contribution in [0.15, 0.2) is 54.7 Å². The molecule has 770 valence electrons. The number of carbonyl (C=O) groups is 6. The van der Waals surface area contributed by atoms with Gasteiger partial charge in [0.05, 0.1) is 51.7 Å². The summed E-state index contributed by atoms with van der Waals surface area (Å²) in [4.78, 5) is 72.9. The molecule has 6 fully saturated rings. The number of ketones is 6. The van der Waals surface area contributed by atoms with Gasteiger partial charge in [0.25, 0.3) is 0 Å². The number of pyridine rings is 1. The predicted molar refractivity (Wildman–Crippen MR) is 498 cm³/mol. The molecule has 0 radical (unpaired) electrons. The first-order chi connectivity index (χ1) is 63.1. The topological polar surface area (TPSA) is 728 Å². The molecule has 6 aliphatic rings. The summed E-state index contributed by atoms with van der Waals surface area (Å²) in [6, 6.07) is 13.4. The van der Waals surface area contributed by atoms with Gasteiger partial charge in [-0.15, -0.1) is 70.6 Å².